The Morgan fingerprint density at radius 3 is 2.63 bits per heavy atom. The van der Waals surface area contributed by atoms with E-state index in [1.165, 1.54) is 16.7 Å². The molecule has 30 heavy (non-hydrogen) atoms. The van der Waals surface area contributed by atoms with Gasteiger partial charge in [0.05, 0.1) is 18.7 Å². The lowest BCUT2D eigenvalue weighted by Crippen LogP contribution is -2.36. The van der Waals surface area contributed by atoms with E-state index in [1.807, 2.05) is 22.0 Å². The summed E-state index contributed by atoms with van der Waals surface area (Å²) in [5.41, 5.74) is 5.81. The predicted molar refractivity (Wildman–Crippen MR) is 122 cm³/mol. The topological polar surface area (TPSA) is 38.1 Å². The van der Waals surface area contributed by atoms with Gasteiger partial charge in [0.15, 0.2) is 0 Å². The molecule has 0 radical (unpaired) electrons. The molecule has 0 spiro atoms. The van der Waals surface area contributed by atoms with E-state index >= 15 is 0 Å². The smallest absolute Gasteiger partial charge is 0.234 e. The highest BCUT2D eigenvalue weighted by Gasteiger charge is 2.31. The first kappa shape index (κ1) is 20.4. The molecule has 0 fully saturated rings. The summed E-state index contributed by atoms with van der Waals surface area (Å²) in [7, 11) is 0. The number of fused-ring (bicyclic) bond motifs is 1. The Balaban J connectivity index is 1.68. The Bertz CT molecular complexity index is 1000. The van der Waals surface area contributed by atoms with Gasteiger partial charge in [-0.1, -0.05) is 50.2 Å². The lowest BCUT2D eigenvalue weighted by Gasteiger charge is -2.31. The number of nitrogens with zero attached hydrogens (tertiary/aromatic N) is 3. The van der Waals surface area contributed by atoms with Crippen LogP contribution in [0.1, 0.15) is 67.7 Å². The fourth-order valence-electron chi connectivity index (χ4n) is 4.38. The summed E-state index contributed by atoms with van der Waals surface area (Å²) in [4.78, 5) is 15.8. The van der Waals surface area contributed by atoms with Gasteiger partial charge in [0, 0.05) is 24.0 Å². The summed E-state index contributed by atoms with van der Waals surface area (Å²) in [6, 6.07) is 16.9. The lowest BCUT2D eigenvalue weighted by molar-refractivity contribution is -0.120. The third kappa shape index (κ3) is 4.18. The predicted octanol–water partition coefficient (Wildman–Crippen LogP) is 5.68. The molecular formula is C26H31N3O. The van der Waals surface area contributed by atoms with Crippen LogP contribution < -0.4 is 4.90 Å². The fourth-order valence-corrected chi connectivity index (χ4v) is 4.38. The van der Waals surface area contributed by atoms with E-state index in [4.69, 9.17) is 0 Å². The highest BCUT2D eigenvalue weighted by atomic mass is 16.2. The zero-order valence-electron chi connectivity index (χ0n) is 18.2. The normalized spacial score (nSPS) is 15.8. The third-order valence-electron chi connectivity index (χ3n) is 6.16. The minimum absolute atomic E-state index is 0.0825. The molecular weight excluding hydrogens is 370 g/mol. The number of carbonyl (C=O) groups excluding carboxylic acids is 1. The minimum atomic E-state index is -0.0825. The number of aryl methyl sites for hydroxylation is 2. The van der Waals surface area contributed by atoms with Gasteiger partial charge in [-0.05, 0) is 60.9 Å². The van der Waals surface area contributed by atoms with Gasteiger partial charge in [-0.2, -0.15) is 5.10 Å². The molecule has 0 saturated heterocycles. The van der Waals surface area contributed by atoms with Crippen molar-refractivity contribution in [3.63, 3.8) is 0 Å². The molecule has 1 amide bonds. The van der Waals surface area contributed by atoms with Gasteiger partial charge in [0.2, 0.25) is 5.91 Å². The van der Waals surface area contributed by atoms with Gasteiger partial charge in [-0.25, -0.2) is 0 Å². The maximum atomic E-state index is 13.9. The summed E-state index contributed by atoms with van der Waals surface area (Å²) < 4.78 is 1.91. The van der Waals surface area contributed by atoms with E-state index in [-0.39, 0.29) is 11.8 Å². The summed E-state index contributed by atoms with van der Waals surface area (Å²) in [5.74, 6) is 0.570. The maximum Gasteiger partial charge on any atom is 0.234 e. The zero-order chi connectivity index (χ0) is 21.1. The van der Waals surface area contributed by atoms with Gasteiger partial charge in [0.1, 0.15) is 0 Å². The summed E-state index contributed by atoms with van der Waals surface area (Å²) in [6.45, 7) is 7.82. The average molecular weight is 402 g/mol. The van der Waals surface area contributed by atoms with Crippen molar-refractivity contribution in [1.82, 2.24) is 9.78 Å². The molecule has 0 N–H and O–H groups in total. The molecule has 1 aliphatic rings. The second-order valence-electron chi connectivity index (χ2n) is 8.52. The van der Waals surface area contributed by atoms with E-state index in [2.05, 4.69) is 74.4 Å². The molecule has 0 saturated carbocycles. The number of hydrogen-bond donors (Lipinski definition) is 0. The van der Waals surface area contributed by atoms with Crippen molar-refractivity contribution in [3.05, 3.63) is 83.2 Å². The fraction of sp³-hybridized carbons (Fsp3) is 0.385. The SMILES string of the molecule is CCn1cc(CN(C(=O)C2CCCc3ccccc32)c2ccc(C(C)C)cc2)cn1. The van der Waals surface area contributed by atoms with Crippen molar-refractivity contribution in [1.29, 1.82) is 0 Å². The molecule has 1 atom stereocenters. The van der Waals surface area contributed by atoms with E-state index in [1.54, 1.807) is 0 Å². The first-order valence-electron chi connectivity index (χ1n) is 11.1. The van der Waals surface area contributed by atoms with Crippen molar-refractivity contribution in [2.24, 2.45) is 0 Å². The first-order valence-corrected chi connectivity index (χ1v) is 11.1. The van der Waals surface area contributed by atoms with Gasteiger partial charge < -0.3 is 4.90 Å². The van der Waals surface area contributed by atoms with Crippen molar-refractivity contribution < 1.29 is 4.79 Å². The Morgan fingerprint density at radius 1 is 1.17 bits per heavy atom. The number of amides is 1. The summed E-state index contributed by atoms with van der Waals surface area (Å²) in [6.07, 6.45) is 6.94. The van der Waals surface area contributed by atoms with Crippen LogP contribution in [0.3, 0.4) is 0 Å². The molecule has 0 aliphatic heterocycles. The molecule has 1 heterocycles. The molecule has 1 aromatic heterocycles. The van der Waals surface area contributed by atoms with E-state index in [9.17, 15) is 4.79 Å². The van der Waals surface area contributed by atoms with Crippen LogP contribution in [-0.4, -0.2) is 15.7 Å². The number of hydrogen-bond acceptors (Lipinski definition) is 2. The third-order valence-corrected chi connectivity index (χ3v) is 6.16. The Kier molecular flexibility index (Phi) is 6.03. The Hall–Kier alpha value is -2.88. The van der Waals surface area contributed by atoms with Gasteiger partial charge in [0.25, 0.3) is 0 Å². The van der Waals surface area contributed by atoms with Crippen LogP contribution in [0.25, 0.3) is 0 Å². The molecule has 2 aromatic carbocycles. The van der Waals surface area contributed by atoms with E-state index < -0.39 is 0 Å². The van der Waals surface area contributed by atoms with Crippen LogP contribution >= 0.6 is 0 Å². The zero-order valence-corrected chi connectivity index (χ0v) is 18.2. The summed E-state index contributed by atoms with van der Waals surface area (Å²) >= 11 is 0. The molecule has 156 valence electrons. The van der Waals surface area contributed by atoms with Crippen molar-refractivity contribution in [2.75, 3.05) is 4.90 Å². The monoisotopic (exact) mass is 401 g/mol. The van der Waals surface area contributed by atoms with Crippen LogP contribution in [0.15, 0.2) is 60.9 Å². The molecule has 0 bridgehead atoms. The molecule has 4 rings (SSSR count). The van der Waals surface area contributed by atoms with Crippen LogP contribution in [0, 0.1) is 0 Å². The molecule has 1 aliphatic carbocycles. The van der Waals surface area contributed by atoms with E-state index in [0.29, 0.717) is 12.5 Å². The van der Waals surface area contributed by atoms with Crippen molar-refractivity contribution in [3.8, 4) is 0 Å². The van der Waals surface area contributed by atoms with Crippen molar-refractivity contribution in [2.45, 2.75) is 65.0 Å². The van der Waals surface area contributed by atoms with E-state index in [0.717, 1.165) is 37.1 Å². The standard InChI is InChI=1S/C26H31N3O/c1-4-28-17-20(16-27-28)18-29(23-14-12-21(13-15-23)19(2)3)26(30)25-11-7-9-22-8-5-6-10-24(22)25/h5-6,8,10,12-17,19,25H,4,7,9,11,18H2,1-3H3. The maximum absolute atomic E-state index is 13.9. The van der Waals surface area contributed by atoms with Gasteiger partial charge in [-0.15, -0.1) is 0 Å². The largest absolute Gasteiger partial charge is 0.307 e. The first-order chi connectivity index (χ1) is 14.6. The second-order valence-corrected chi connectivity index (χ2v) is 8.52. The highest BCUT2D eigenvalue weighted by molar-refractivity contribution is 5.98. The van der Waals surface area contributed by atoms with Crippen LogP contribution in [-0.2, 0) is 24.3 Å². The number of aromatic nitrogens is 2. The van der Waals surface area contributed by atoms with Crippen LogP contribution in [0.4, 0.5) is 5.69 Å². The number of anilines is 1. The minimum Gasteiger partial charge on any atom is -0.307 e. The van der Waals surface area contributed by atoms with Gasteiger partial charge in [-0.3, -0.25) is 9.48 Å². The summed E-state index contributed by atoms with van der Waals surface area (Å²) in [5, 5.41) is 4.41. The number of benzene rings is 2. The molecule has 3 aromatic rings. The molecule has 4 nitrogen and oxygen atoms in total. The molecule has 4 heteroatoms. The average Bonchev–Trinajstić information content (AvgIpc) is 3.24. The number of rotatable bonds is 6. The second kappa shape index (κ2) is 8.86. The van der Waals surface area contributed by atoms with Crippen molar-refractivity contribution >= 4 is 11.6 Å². The van der Waals surface area contributed by atoms with Gasteiger partial charge >= 0.3 is 0 Å². The Morgan fingerprint density at radius 2 is 1.93 bits per heavy atom. The number of carbonyl (C=O) groups is 1. The quantitative estimate of drug-likeness (QED) is 0.533. The van der Waals surface area contributed by atoms with Crippen LogP contribution in [0.2, 0.25) is 0 Å². The molecule has 1 unspecified atom stereocenters. The van der Waals surface area contributed by atoms with Crippen LogP contribution in [0.5, 0.6) is 0 Å². The Labute approximate surface area is 179 Å². The lowest BCUT2D eigenvalue weighted by atomic mass is 9.82. The highest BCUT2D eigenvalue weighted by Crippen LogP contribution is 2.35.